The molecule has 0 bridgehead atoms. The van der Waals surface area contributed by atoms with Crippen molar-refractivity contribution in [2.45, 2.75) is 19.9 Å². The van der Waals surface area contributed by atoms with Gasteiger partial charge in [0.2, 0.25) is 0 Å². The summed E-state index contributed by atoms with van der Waals surface area (Å²) in [6, 6.07) is 3.55. The van der Waals surface area contributed by atoms with Crippen LogP contribution in [-0.2, 0) is 20.0 Å². The molecular formula is C14H14F2N4S. The fraction of sp³-hybridized carbons (Fsp3) is 0.286. The van der Waals surface area contributed by atoms with Crippen molar-refractivity contribution in [2.75, 3.05) is 0 Å². The number of benzene rings is 1. The maximum Gasteiger partial charge on any atom is 0.179 e. The number of aromatic nitrogens is 4. The minimum Gasteiger partial charge on any atom is -0.328 e. The van der Waals surface area contributed by atoms with E-state index in [2.05, 4.69) is 10.1 Å². The lowest BCUT2D eigenvalue weighted by atomic mass is 10.1. The molecule has 0 fully saturated rings. The molecule has 1 aromatic carbocycles. The summed E-state index contributed by atoms with van der Waals surface area (Å²) in [5, 5.41) is 4.33. The summed E-state index contributed by atoms with van der Waals surface area (Å²) in [5.41, 5.74) is 3.25. The molecule has 2 aromatic heterocycles. The van der Waals surface area contributed by atoms with E-state index in [1.807, 2.05) is 18.5 Å². The number of H-pyrrole nitrogens is 1. The lowest BCUT2D eigenvalue weighted by molar-refractivity contribution is 0.576. The van der Waals surface area contributed by atoms with E-state index >= 15 is 0 Å². The highest BCUT2D eigenvalue weighted by Gasteiger charge is 2.12. The van der Waals surface area contributed by atoms with E-state index in [1.165, 1.54) is 12.1 Å². The summed E-state index contributed by atoms with van der Waals surface area (Å²) >= 11 is 5.31. The molecule has 21 heavy (non-hydrogen) atoms. The van der Waals surface area contributed by atoms with Crippen molar-refractivity contribution in [1.82, 2.24) is 19.3 Å². The standard InChI is InChI=1S/C14H14F2N4S/c1-8-12-13(19(2)18-8)20(14(21)17-12)4-3-9-5-10(15)7-11(16)6-9/h5-7H,3-4H2,1-2H3,(H,17,21). The first kappa shape index (κ1) is 13.9. The van der Waals surface area contributed by atoms with Crippen LogP contribution in [0, 0.1) is 23.3 Å². The van der Waals surface area contributed by atoms with Gasteiger partial charge in [0.05, 0.1) is 5.69 Å². The number of hydrogen-bond acceptors (Lipinski definition) is 2. The molecule has 2 heterocycles. The number of rotatable bonds is 3. The van der Waals surface area contributed by atoms with E-state index in [0.29, 0.717) is 23.3 Å². The molecule has 0 amide bonds. The van der Waals surface area contributed by atoms with Crippen LogP contribution in [-0.4, -0.2) is 19.3 Å². The smallest absolute Gasteiger partial charge is 0.179 e. The first-order valence-corrected chi connectivity index (χ1v) is 6.93. The third-order valence-corrected chi connectivity index (χ3v) is 3.79. The summed E-state index contributed by atoms with van der Waals surface area (Å²) in [4.78, 5) is 3.12. The van der Waals surface area contributed by atoms with Gasteiger partial charge >= 0.3 is 0 Å². The van der Waals surface area contributed by atoms with Crippen molar-refractivity contribution in [3.8, 4) is 0 Å². The van der Waals surface area contributed by atoms with Gasteiger partial charge in [0.15, 0.2) is 10.4 Å². The van der Waals surface area contributed by atoms with Crippen molar-refractivity contribution in [3.63, 3.8) is 0 Å². The molecule has 3 aromatic rings. The molecule has 0 aliphatic carbocycles. The zero-order valence-corrected chi connectivity index (χ0v) is 12.5. The number of imidazole rings is 1. The zero-order valence-electron chi connectivity index (χ0n) is 11.7. The van der Waals surface area contributed by atoms with Gasteiger partial charge in [-0.2, -0.15) is 5.10 Å². The van der Waals surface area contributed by atoms with Crippen LogP contribution in [0.5, 0.6) is 0 Å². The molecule has 0 radical (unpaired) electrons. The number of aromatic amines is 1. The summed E-state index contributed by atoms with van der Waals surface area (Å²) in [7, 11) is 1.84. The van der Waals surface area contributed by atoms with Crippen LogP contribution in [0.15, 0.2) is 18.2 Å². The van der Waals surface area contributed by atoms with Crippen LogP contribution in [0.4, 0.5) is 8.78 Å². The van der Waals surface area contributed by atoms with Crippen molar-refractivity contribution in [2.24, 2.45) is 7.05 Å². The average Bonchev–Trinajstić information content (AvgIpc) is 2.84. The number of nitrogens with zero attached hydrogens (tertiary/aromatic N) is 3. The van der Waals surface area contributed by atoms with E-state index < -0.39 is 11.6 Å². The predicted molar refractivity (Wildman–Crippen MR) is 78.7 cm³/mol. The second-order valence-electron chi connectivity index (χ2n) is 5.02. The van der Waals surface area contributed by atoms with E-state index in [9.17, 15) is 8.78 Å². The molecule has 0 saturated heterocycles. The second-order valence-corrected chi connectivity index (χ2v) is 5.40. The Balaban J connectivity index is 1.95. The largest absolute Gasteiger partial charge is 0.328 e. The topological polar surface area (TPSA) is 38.5 Å². The van der Waals surface area contributed by atoms with Gasteiger partial charge in [-0.3, -0.25) is 4.68 Å². The van der Waals surface area contributed by atoms with E-state index in [1.54, 1.807) is 4.68 Å². The fourth-order valence-electron chi connectivity index (χ4n) is 2.58. The lowest BCUT2D eigenvalue weighted by Gasteiger charge is -2.06. The Morgan fingerprint density at radius 2 is 1.90 bits per heavy atom. The monoisotopic (exact) mass is 308 g/mol. The van der Waals surface area contributed by atoms with Gasteiger partial charge in [0.1, 0.15) is 17.2 Å². The summed E-state index contributed by atoms with van der Waals surface area (Å²) in [5.74, 6) is -1.13. The molecule has 0 unspecified atom stereocenters. The number of fused-ring (bicyclic) bond motifs is 1. The van der Waals surface area contributed by atoms with Gasteiger partial charge in [-0.25, -0.2) is 8.78 Å². The van der Waals surface area contributed by atoms with Gasteiger partial charge in [0, 0.05) is 19.7 Å². The lowest BCUT2D eigenvalue weighted by Crippen LogP contribution is -2.06. The molecule has 0 aliphatic rings. The van der Waals surface area contributed by atoms with Crippen molar-refractivity contribution in [1.29, 1.82) is 0 Å². The quantitative estimate of drug-likeness (QED) is 0.754. The van der Waals surface area contributed by atoms with Crippen LogP contribution < -0.4 is 0 Å². The molecule has 0 saturated carbocycles. The Morgan fingerprint density at radius 3 is 2.57 bits per heavy atom. The van der Waals surface area contributed by atoms with Gasteiger partial charge in [0.25, 0.3) is 0 Å². The van der Waals surface area contributed by atoms with Gasteiger partial charge in [-0.15, -0.1) is 0 Å². The molecule has 0 atom stereocenters. The highest BCUT2D eigenvalue weighted by atomic mass is 32.1. The molecular weight excluding hydrogens is 294 g/mol. The molecule has 0 aliphatic heterocycles. The third kappa shape index (κ3) is 2.49. The van der Waals surface area contributed by atoms with Crippen LogP contribution in [0.25, 0.3) is 11.2 Å². The van der Waals surface area contributed by atoms with Crippen LogP contribution >= 0.6 is 12.2 Å². The summed E-state index contributed by atoms with van der Waals surface area (Å²) < 4.78 is 30.6. The Labute approximate surface area is 125 Å². The number of nitrogens with one attached hydrogen (secondary N) is 1. The Hall–Kier alpha value is -2.02. The van der Waals surface area contributed by atoms with Gasteiger partial charge in [-0.05, 0) is 43.3 Å². The van der Waals surface area contributed by atoms with E-state index in [-0.39, 0.29) is 0 Å². The molecule has 110 valence electrons. The first-order chi connectivity index (χ1) is 9.95. The van der Waals surface area contributed by atoms with Crippen molar-refractivity contribution < 1.29 is 8.78 Å². The van der Waals surface area contributed by atoms with Crippen LogP contribution in [0.2, 0.25) is 0 Å². The first-order valence-electron chi connectivity index (χ1n) is 6.53. The molecule has 0 spiro atoms. The fourth-order valence-corrected chi connectivity index (χ4v) is 2.86. The Bertz CT molecular complexity index is 855. The molecule has 3 rings (SSSR count). The van der Waals surface area contributed by atoms with Crippen molar-refractivity contribution >= 4 is 23.4 Å². The van der Waals surface area contributed by atoms with E-state index in [0.717, 1.165) is 22.9 Å². The molecule has 7 heteroatoms. The third-order valence-electron chi connectivity index (χ3n) is 3.47. The van der Waals surface area contributed by atoms with Crippen LogP contribution in [0.3, 0.4) is 0 Å². The number of halogens is 2. The molecule has 4 nitrogen and oxygen atoms in total. The van der Waals surface area contributed by atoms with Crippen molar-refractivity contribution in [3.05, 3.63) is 45.9 Å². The van der Waals surface area contributed by atoms with E-state index in [4.69, 9.17) is 12.2 Å². The minimum absolute atomic E-state index is 0.486. The Kier molecular flexibility index (Phi) is 3.36. The number of aryl methyl sites for hydroxylation is 4. The molecule has 1 N–H and O–H groups in total. The minimum atomic E-state index is -0.566. The zero-order chi connectivity index (χ0) is 15.1. The number of hydrogen-bond donors (Lipinski definition) is 1. The maximum atomic E-state index is 13.2. The van der Waals surface area contributed by atoms with Gasteiger partial charge in [-0.1, -0.05) is 0 Å². The maximum absolute atomic E-state index is 13.2. The van der Waals surface area contributed by atoms with Gasteiger partial charge < -0.3 is 9.55 Å². The second kappa shape index (κ2) is 5.07. The summed E-state index contributed by atoms with van der Waals surface area (Å²) in [6.07, 6.45) is 0.486. The Morgan fingerprint density at radius 1 is 1.24 bits per heavy atom. The SMILES string of the molecule is Cc1nn(C)c2c1[nH]c(=S)n2CCc1cc(F)cc(F)c1. The van der Waals surface area contributed by atoms with Crippen LogP contribution in [0.1, 0.15) is 11.3 Å². The summed E-state index contributed by atoms with van der Waals surface area (Å²) in [6.45, 7) is 2.43. The highest BCUT2D eigenvalue weighted by Crippen LogP contribution is 2.18. The average molecular weight is 308 g/mol. The highest BCUT2D eigenvalue weighted by molar-refractivity contribution is 7.71. The normalized spacial score (nSPS) is 11.4. The predicted octanol–water partition coefficient (Wildman–Crippen LogP) is 3.26.